The molecule has 0 aromatic heterocycles. The third-order valence-corrected chi connectivity index (χ3v) is 2.16. The molecule has 0 aliphatic carbocycles. The number of carbonyl (C=O) groups is 1. The van der Waals surface area contributed by atoms with Crippen molar-refractivity contribution in [2.24, 2.45) is 0 Å². The Bertz CT molecular complexity index is 116. The lowest BCUT2D eigenvalue weighted by molar-refractivity contribution is -0.120. The lowest BCUT2D eigenvalue weighted by Gasteiger charge is -1.93. The van der Waals surface area contributed by atoms with Crippen LogP contribution in [0.15, 0.2) is 0 Å². The molecule has 0 spiro atoms. The van der Waals surface area contributed by atoms with E-state index in [1.165, 1.54) is 12.8 Å². The molecular formula is C10H20ClNO. The third-order valence-electron chi connectivity index (χ3n) is 1.89. The minimum Gasteiger partial charge on any atom is -0.356 e. The second kappa shape index (κ2) is 9.85. The summed E-state index contributed by atoms with van der Waals surface area (Å²) in [5.41, 5.74) is 0. The molecule has 13 heavy (non-hydrogen) atoms. The fraction of sp³-hybridized carbons (Fsp3) is 0.900. The first-order valence-corrected chi connectivity index (χ1v) is 5.67. The molecule has 78 valence electrons. The van der Waals surface area contributed by atoms with Crippen molar-refractivity contribution in [3.8, 4) is 0 Å². The van der Waals surface area contributed by atoms with E-state index in [0.29, 0.717) is 0 Å². The van der Waals surface area contributed by atoms with E-state index >= 15 is 0 Å². The fourth-order valence-corrected chi connectivity index (χ4v) is 1.30. The summed E-state index contributed by atoms with van der Waals surface area (Å²) in [5, 5.41) is 2.81. The van der Waals surface area contributed by atoms with Crippen molar-refractivity contribution in [1.29, 1.82) is 0 Å². The van der Waals surface area contributed by atoms with Gasteiger partial charge in [-0.05, 0) is 19.3 Å². The highest BCUT2D eigenvalue weighted by atomic mass is 35.5. The predicted molar refractivity (Wildman–Crippen MR) is 57.1 cm³/mol. The summed E-state index contributed by atoms with van der Waals surface area (Å²) in [7, 11) is 0. The monoisotopic (exact) mass is 205 g/mol. The zero-order valence-corrected chi connectivity index (χ0v) is 9.20. The van der Waals surface area contributed by atoms with E-state index < -0.39 is 0 Å². The molecule has 0 unspecified atom stereocenters. The Balaban J connectivity index is 0.000000252. The topological polar surface area (TPSA) is 29.1 Å². The van der Waals surface area contributed by atoms with Crippen molar-refractivity contribution in [3.63, 3.8) is 0 Å². The quantitative estimate of drug-likeness (QED) is 0.691. The van der Waals surface area contributed by atoms with Gasteiger partial charge in [-0.25, -0.2) is 0 Å². The van der Waals surface area contributed by atoms with Crippen LogP contribution in [0.25, 0.3) is 0 Å². The van der Waals surface area contributed by atoms with E-state index in [2.05, 4.69) is 12.2 Å². The molecule has 1 amide bonds. The lowest BCUT2D eigenvalue weighted by atomic mass is 10.2. The van der Waals surface area contributed by atoms with Crippen LogP contribution in [-0.2, 0) is 4.79 Å². The number of amides is 1. The summed E-state index contributed by atoms with van der Waals surface area (Å²) >= 11 is 5.30. The van der Waals surface area contributed by atoms with Crippen LogP contribution >= 0.6 is 11.6 Å². The van der Waals surface area contributed by atoms with Crippen molar-refractivity contribution >= 4 is 17.5 Å². The van der Waals surface area contributed by atoms with Gasteiger partial charge < -0.3 is 5.32 Å². The molecule has 1 rings (SSSR count). The van der Waals surface area contributed by atoms with Gasteiger partial charge in [-0.3, -0.25) is 4.79 Å². The number of halogens is 1. The largest absolute Gasteiger partial charge is 0.356 e. The molecule has 0 bridgehead atoms. The Labute approximate surface area is 86.0 Å². The minimum atomic E-state index is 0.225. The Kier molecular flexibility index (Phi) is 9.66. The van der Waals surface area contributed by atoms with Crippen LogP contribution in [0.3, 0.4) is 0 Å². The zero-order valence-electron chi connectivity index (χ0n) is 8.44. The van der Waals surface area contributed by atoms with Crippen LogP contribution < -0.4 is 5.32 Å². The highest BCUT2D eigenvalue weighted by Crippen LogP contribution is 2.02. The number of hydrogen-bond acceptors (Lipinski definition) is 1. The van der Waals surface area contributed by atoms with Gasteiger partial charge in [-0.15, -0.1) is 11.6 Å². The normalized spacial score (nSPS) is 16.6. The molecule has 1 aliphatic rings. The molecule has 3 heteroatoms. The minimum absolute atomic E-state index is 0.225. The molecule has 2 nitrogen and oxygen atoms in total. The average Bonchev–Trinajstić information content (AvgIpc) is 2.35. The van der Waals surface area contributed by atoms with Crippen LogP contribution in [0.5, 0.6) is 0 Å². The van der Waals surface area contributed by atoms with E-state index in [4.69, 9.17) is 11.6 Å². The third kappa shape index (κ3) is 9.68. The van der Waals surface area contributed by atoms with Gasteiger partial charge >= 0.3 is 0 Å². The Morgan fingerprint density at radius 3 is 2.69 bits per heavy atom. The van der Waals surface area contributed by atoms with E-state index in [1.54, 1.807) is 0 Å². The first-order valence-electron chi connectivity index (χ1n) is 5.14. The number of rotatable bonds is 2. The molecule has 0 aromatic rings. The van der Waals surface area contributed by atoms with Gasteiger partial charge in [0.2, 0.25) is 5.91 Å². The van der Waals surface area contributed by atoms with E-state index in [9.17, 15) is 4.79 Å². The summed E-state index contributed by atoms with van der Waals surface area (Å²) in [6, 6.07) is 0. The van der Waals surface area contributed by atoms with E-state index in [1.807, 2.05) is 0 Å². The molecule has 1 aliphatic heterocycles. The summed E-state index contributed by atoms with van der Waals surface area (Å²) in [4.78, 5) is 10.6. The van der Waals surface area contributed by atoms with Crippen molar-refractivity contribution in [1.82, 2.24) is 5.32 Å². The summed E-state index contributed by atoms with van der Waals surface area (Å²) < 4.78 is 0. The van der Waals surface area contributed by atoms with Gasteiger partial charge in [0, 0.05) is 18.8 Å². The molecule has 1 N–H and O–H groups in total. The number of nitrogens with one attached hydrogen (secondary N) is 1. The second-order valence-corrected chi connectivity index (χ2v) is 3.58. The maximum Gasteiger partial charge on any atom is 0.219 e. The molecule has 1 heterocycles. The Hall–Kier alpha value is -0.240. The number of hydrogen-bond donors (Lipinski definition) is 1. The Morgan fingerprint density at radius 1 is 1.38 bits per heavy atom. The smallest absolute Gasteiger partial charge is 0.219 e. The summed E-state index contributed by atoms with van der Waals surface area (Å²) in [6.07, 6.45) is 6.54. The average molecular weight is 206 g/mol. The number of alkyl halides is 1. The Morgan fingerprint density at radius 2 is 2.15 bits per heavy atom. The van der Waals surface area contributed by atoms with Gasteiger partial charge in [0.15, 0.2) is 0 Å². The lowest BCUT2D eigenvalue weighted by Crippen LogP contribution is -2.21. The maximum atomic E-state index is 10.6. The van der Waals surface area contributed by atoms with E-state index in [0.717, 1.165) is 38.1 Å². The number of carbonyl (C=O) groups excluding carboxylic acids is 1. The summed E-state index contributed by atoms with van der Waals surface area (Å²) in [5.74, 6) is 1.04. The zero-order chi connectivity index (χ0) is 9.94. The van der Waals surface area contributed by atoms with Crippen LogP contribution in [0.2, 0.25) is 0 Å². The molecular weight excluding hydrogens is 186 g/mol. The molecule has 0 saturated carbocycles. The highest BCUT2D eigenvalue weighted by Gasteiger charge is 2.03. The first kappa shape index (κ1) is 12.8. The van der Waals surface area contributed by atoms with Crippen LogP contribution in [0.4, 0.5) is 0 Å². The van der Waals surface area contributed by atoms with Gasteiger partial charge in [-0.2, -0.15) is 0 Å². The van der Waals surface area contributed by atoms with E-state index in [-0.39, 0.29) is 5.91 Å². The molecule has 1 saturated heterocycles. The van der Waals surface area contributed by atoms with Crippen LogP contribution in [0.1, 0.15) is 45.4 Å². The maximum absolute atomic E-state index is 10.6. The molecule has 1 fully saturated rings. The van der Waals surface area contributed by atoms with Crippen molar-refractivity contribution in [2.75, 3.05) is 12.4 Å². The molecule has 0 atom stereocenters. The van der Waals surface area contributed by atoms with Gasteiger partial charge in [0.1, 0.15) is 0 Å². The van der Waals surface area contributed by atoms with Crippen LogP contribution in [0, 0.1) is 0 Å². The van der Waals surface area contributed by atoms with Crippen molar-refractivity contribution < 1.29 is 4.79 Å². The number of unbranched alkanes of at least 4 members (excludes halogenated alkanes) is 1. The van der Waals surface area contributed by atoms with Crippen LogP contribution in [-0.4, -0.2) is 18.3 Å². The summed E-state index contributed by atoms with van der Waals surface area (Å²) in [6.45, 7) is 3.02. The SMILES string of the molecule is CCCCCl.O=C1CCCCCN1. The van der Waals surface area contributed by atoms with Gasteiger partial charge in [0.25, 0.3) is 0 Å². The van der Waals surface area contributed by atoms with Crippen molar-refractivity contribution in [2.45, 2.75) is 45.4 Å². The fourth-order valence-electron chi connectivity index (χ4n) is 1.04. The predicted octanol–water partition coefficient (Wildman–Crippen LogP) is 2.70. The first-order chi connectivity index (χ1) is 6.31. The second-order valence-electron chi connectivity index (χ2n) is 3.20. The standard InChI is InChI=1S/C6H11NO.C4H9Cl/c8-6-4-2-1-3-5-7-6;1-2-3-4-5/h1-5H2,(H,7,8);2-4H2,1H3. The van der Waals surface area contributed by atoms with Gasteiger partial charge in [-0.1, -0.05) is 19.8 Å². The molecule has 0 aromatic carbocycles. The molecule has 0 radical (unpaired) electrons. The van der Waals surface area contributed by atoms with Crippen molar-refractivity contribution in [3.05, 3.63) is 0 Å². The highest BCUT2D eigenvalue weighted by molar-refractivity contribution is 6.17. The van der Waals surface area contributed by atoms with Gasteiger partial charge in [0.05, 0.1) is 0 Å².